The van der Waals surface area contributed by atoms with Gasteiger partial charge in [-0.25, -0.2) is 14.4 Å². The van der Waals surface area contributed by atoms with Gasteiger partial charge in [0.15, 0.2) is 11.4 Å². The number of aromatic nitrogens is 2. The number of hydrogen-bond donors (Lipinski definition) is 1. The molecule has 4 nitrogen and oxygen atoms in total. The first-order valence-corrected chi connectivity index (χ1v) is 7.45. The summed E-state index contributed by atoms with van der Waals surface area (Å²) in [5.41, 5.74) is 2.72. The van der Waals surface area contributed by atoms with Gasteiger partial charge in [-0.1, -0.05) is 25.1 Å². The first-order valence-electron chi connectivity index (χ1n) is 7.45. The minimum atomic E-state index is -0.305. The van der Waals surface area contributed by atoms with Crippen molar-refractivity contribution in [2.24, 2.45) is 0 Å². The molecule has 24 heavy (non-hydrogen) atoms. The van der Waals surface area contributed by atoms with Crippen molar-refractivity contribution in [3.63, 3.8) is 0 Å². The number of aryl methyl sites for hydroxylation is 1. The average Bonchev–Trinajstić information content (AvgIpc) is 2.94. The third-order valence-electron chi connectivity index (χ3n) is 3.67. The van der Waals surface area contributed by atoms with Crippen molar-refractivity contribution in [3.8, 4) is 0 Å². The van der Waals surface area contributed by atoms with E-state index in [0.29, 0.717) is 29.3 Å². The number of nitrogens with zero attached hydrogens (tertiary/aromatic N) is 2. The van der Waals surface area contributed by atoms with Gasteiger partial charge < -0.3 is 22.1 Å². The van der Waals surface area contributed by atoms with Gasteiger partial charge in [-0.15, -0.1) is 0 Å². The molecule has 0 aliphatic heterocycles. The van der Waals surface area contributed by atoms with Crippen LogP contribution in [-0.4, -0.2) is 9.97 Å². The van der Waals surface area contributed by atoms with Crippen molar-refractivity contribution in [1.82, 2.24) is 9.97 Å². The van der Waals surface area contributed by atoms with Crippen molar-refractivity contribution in [3.05, 3.63) is 60.2 Å². The van der Waals surface area contributed by atoms with Crippen LogP contribution in [0.1, 0.15) is 12.7 Å². The lowest BCUT2D eigenvalue weighted by molar-refractivity contribution is -0.00000580. The van der Waals surface area contributed by atoms with Crippen molar-refractivity contribution in [1.29, 1.82) is 0 Å². The number of fused-ring (bicyclic) bond motifs is 3. The Balaban J connectivity index is 0.00000169. The molecule has 0 amide bonds. The van der Waals surface area contributed by atoms with Gasteiger partial charge >= 0.3 is 0 Å². The lowest BCUT2D eigenvalue weighted by Crippen LogP contribution is -3.00. The zero-order valence-corrected chi connectivity index (χ0v) is 13.6. The predicted octanol–water partition coefficient (Wildman–Crippen LogP) is 1.83. The van der Waals surface area contributed by atoms with E-state index in [1.165, 1.54) is 12.1 Å². The zero-order valence-electron chi connectivity index (χ0n) is 12.9. The maximum Gasteiger partial charge on any atom is 0.196 e. The molecule has 2 aromatic carbocycles. The van der Waals surface area contributed by atoms with E-state index in [0.717, 1.165) is 16.5 Å². The number of halogens is 2. The van der Waals surface area contributed by atoms with Crippen LogP contribution in [-0.2, 0) is 6.42 Å². The minimum absolute atomic E-state index is 0. The predicted molar refractivity (Wildman–Crippen MR) is 88.4 cm³/mol. The van der Waals surface area contributed by atoms with E-state index >= 15 is 0 Å². The molecular weight excluding hydrogens is 329 g/mol. The standard InChI is InChI=1S/C18H14FN3O.ClH/c1-2-15-21-16-13-8-3-4-9-14(13)23-17(16)18(22-15)20-12-7-5-6-11(19)10-12;/h3-10H,2H2,1H3,(H,20,21,22);1H/p-1. The summed E-state index contributed by atoms with van der Waals surface area (Å²) in [6.07, 6.45) is 0.702. The van der Waals surface area contributed by atoms with Crippen LogP contribution in [0, 0.1) is 5.82 Å². The van der Waals surface area contributed by atoms with Crippen molar-refractivity contribution in [2.75, 3.05) is 5.32 Å². The summed E-state index contributed by atoms with van der Waals surface area (Å²) < 4.78 is 19.3. The molecule has 0 bridgehead atoms. The molecule has 0 saturated carbocycles. The number of benzene rings is 2. The Hall–Kier alpha value is -2.66. The highest BCUT2D eigenvalue weighted by Crippen LogP contribution is 2.32. The van der Waals surface area contributed by atoms with Crippen LogP contribution < -0.4 is 17.7 Å². The van der Waals surface area contributed by atoms with Crippen LogP contribution in [0.2, 0.25) is 0 Å². The Morgan fingerprint density at radius 3 is 2.71 bits per heavy atom. The number of hydrogen-bond acceptors (Lipinski definition) is 4. The third-order valence-corrected chi connectivity index (χ3v) is 3.67. The van der Waals surface area contributed by atoms with Crippen LogP contribution >= 0.6 is 0 Å². The summed E-state index contributed by atoms with van der Waals surface area (Å²) in [5, 5.41) is 4.08. The quantitative estimate of drug-likeness (QED) is 0.617. The van der Waals surface area contributed by atoms with E-state index in [1.54, 1.807) is 12.1 Å². The lowest BCUT2D eigenvalue weighted by atomic mass is 10.2. The topological polar surface area (TPSA) is 51.0 Å². The van der Waals surface area contributed by atoms with Crippen LogP contribution in [0.4, 0.5) is 15.9 Å². The van der Waals surface area contributed by atoms with E-state index in [2.05, 4.69) is 15.3 Å². The van der Waals surface area contributed by atoms with E-state index in [1.807, 2.05) is 31.2 Å². The van der Waals surface area contributed by atoms with Crippen LogP contribution in [0.15, 0.2) is 52.9 Å². The first kappa shape index (κ1) is 16.2. The molecule has 2 aromatic heterocycles. The molecule has 122 valence electrons. The fourth-order valence-corrected chi connectivity index (χ4v) is 2.58. The molecule has 2 heterocycles. The van der Waals surface area contributed by atoms with Crippen LogP contribution in [0.5, 0.6) is 0 Å². The summed E-state index contributed by atoms with van der Waals surface area (Å²) in [6, 6.07) is 14.0. The molecule has 4 rings (SSSR count). The van der Waals surface area contributed by atoms with Gasteiger partial charge in [-0.3, -0.25) is 0 Å². The largest absolute Gasteiger partial charge is 1.00 e. The highest BCUT2D eigenvalue weighted by molar-refractivity contribution is 6.06. The number of furan rings is 1. The normalized spacial score (nSPS) is 10.8. The van der Waals surface area contributed by atoms with Gasteiger partial charge in [0.25, 0.3) is 0 Å². The summed E-state index contributed by atoms with van der Waals surface area (Å²) in [4.78, 5) is 9.08. The number of rotatable bonds is 3. The Kier molecular flexibility index (Phi) is 4.36. The summed E-state index contributed by atoms with van der Waals surface area (Å²) >= 11 is 0. The highest BCUT2D eigenvalue weighted by atomic mass is 35.5. The maximum absolute atomic E-state index is 13.4. The Morgan fingerprint density at radius 1 is 1.08 bits per heavy atom. The fraction of sp³-hybridized carbons (Fsp3) is 0.111. The Labute approximate surface area is 144 Å². The Morgan fingerprint density at radius 2 is 1.92 bits per heavy atom. The van der Waals surface area contributed by atoms with E-state index in [4.69, 9.17) is 4.42 Å². The van der Waals surface area contributed by atoms with E-state index in [9.17, 15) is 4.39 Å². The second-order valence-electron chi connectivity index (χ2n) is 5.25. The summed E-state index contributed by atoms with van der Waals surface area (Å²) in [7, 11) is 0. The molecule has 1 N–H and O–H groups in total. The summed E-state index contributed by atoms with van der Waals surface area (Å²) in [6.45, 7) is 2.00. The lowest BCUT2D eigenvalue weighted by Gasteiger charge is -2.07. The molecular formula is C18H14ClFN3O-. The minimum Gasteiger partial charge on any atom is -1.00 e. The second kappa shape index (κ2) is 6.45. The number of nitrogens with one attached hydrogen (secondary N) is 1. The number of anilines is 2. The summed E-state index contributed by atoms with van der Waals surface area (Å²) in [5.74, 6) is 0.956. The van der Waals surface area contributed by atoms with Gasteiger partial charge in [0.2, 0.25) is 0 Å². The zero-order chi connectivity index (χ0) is 15.8. The molecule has 6 heteroatoms. The monoisotopic (exact) mass is 342 g/mol. The maximum atomic E-state index is 13.4. The molecule has 4 aromatic rings. The first-order chi connectivity index (χ1) is 11.2. The van der Waals surface area contributed by atoms with E-state index < -0.39 is 0 Å². The SMILES string of the molecule is CCc1nc(Nc2cccc(F)c2)c2oc3ccccc3c2n1.[Cl-]. The molecule has 0 spiro atoms. The van der Waals surface area contributed by atoms with E-state index in [-0.39, 0.29) is 18.2 Å². The van der Waals surface area contributed by atoms with Gasteiger partial charge in [-0.2, -0.15) is 0 Å². The van der Waals surface area contributed by atoms with Crippen LogP contribution in [0.25, 0.3) is 22.1 Å². The van der Waals surface area contributed by atoms with Crippen LogP contribution in [0.3, 0.4) is 0 Å². The van der Waals surface area contributed by atoms with Crippen molar-refractivity contribution in [2.45, 2.75) is 13.3 Å². The van der Waals surface area contributed by atoms with Crippen molar-refractivity contribution < 1.29 is 21.2 Å². The average molecular weight is 343 g/mol. The molecule has 0 unspecified atom stereocenters. The molecule has 0 aliphatic rings. The third kappa shape index (κ3) is 2.78. The van der Waals surface area contributed by atoms with Gasteiger partial charge in [0, 0.05) is 17.5 Å². The molecule has 0 atom stereocenters. The second-order valence-corrected chi connectivity index (χ2v) is 5.25. The van der Waals surface area contributed by atoms with Gasteiger partial charge in [0.05, 0.1) is 0 Å². The highest BCUT2D eigenvalue weighted by Gasteiger charge is 2.15. The molecule has 0 saturated heterocycles. The fourth-order valence-electron chi connectivity index (χ4n) is 2.58. The van der Waals surface area contributed by atoms with Gasteiger partial charge in [0.1, 0.15) is 22.7 Å². The molecule has 0 aliphatic carbocycles. The molecule has 0 radical (unpaired) electrons. The Bertz CT molecular complexity index is 1020. The van der Waals surface area contributed by atoms with Gasteiger partial charge in [-0.05, 0) is 30.3 Å². The van der Waals surface area contributed by atoms with Crippen molar-refractivity contribution >= 4 is 33.6 Å². The smallest absolute Gasteiger partial charge is 0.196 e. The molecule has 0 fully saturated rings. The number of para-hydroxylation sites is 1.